The maximum Gasteiger partial charge on any atom is 0.0551 e. The topological polar surface area (TPSA) is 12.0 Å². The van der Waals surface area contributed by atoms with Crippen molar-refractivity contribution in [3.8, 4) is 0 Å². The molecule has 0 radical (unpaired) electrons. The average molecular weight is 321 g/mol. The normalized spacial score (nSPS) is 17.6. The predicted octanol–water partition coefficient (Wildman–Crippen LogP) is 4.09. The summed E-state index contributed by atoms with van der Waals surface area (Å²) in [6.45, 7) is 0.919. The Morgan fingerprint density at radius 2 is 2.12 bits per heavy atom. The summed E-state index contributed by atoms with van der Waals surface area (Å²) < 4.78 is 0.965. The van der Waals surface area contributed by atoms with Gasteiger partial charge in [0.25, 0.3) is 0 Å². The van der Waals surface area contributed by atoms with Gasteiger partial charge in [-0.05, 0) is 58.0 Å². The van der Waals surface area contributed by atoms with E-state index in [0.717, 1.165) is 16.0 Å². The summed E-state index contributed by atoms with van der Waals surface area (Å²) in [5.74, 6) is 2.58. The Labute approximate surface area is 114 Å². The molecule has 2 rings (SSSR count). The van der Waals surface area contributed by atoms with Crippen molar-refractivity contribution < 1.29 is 0 Å². The highest BCUT2D eigenvalue weighted by Crippen LogP contribution is 2.23. The van der Waals surface area contributed by atoms with Gasteiger partial charge in [-0.2, -0.15) is 11.8 Å². The van der Waals surface area contributed by atoms with Gasteiger partial charge in [0.1, 0.15) is 0 Å². The van der Waals surface area contributed by atoms with E-state index in [2.05, 4.69) is 39.1 Å². The summed E-state index contributed by atoms with van der Waals surface area (Å²) in [4.78, 5) is 0. The van der Waals surface area contributed by atoms with Crippen LogP contribution in [-0.2, 0) is 6.54 Å². The standard InChI is InChI=1S/C12H15BrClNS/c13-11-2-1-9(7-12(11)14)8-15-10-3-5-16-6-4-10/h1-2,7,10,15H,3-6,8H2. The lowest BCUT2D eigenvalue weighted by Gasteiger charge is -2.22. The molecule has 1 aliphatic heterocycles. The Kier molecular flexibility index (Phi) is 5.01. The summed E-state index contributed by atoms with van der Waals surface area (Å²) in [6.07, 6.45) is 2.57. The van der Waals surface area contributed by atoms with Gasteiger partial charge in [0, 0.05) is 17.1 Å². The number of hydrogen-bond donors (Lipinski definition) is 1. The minimum atomic E-state index is 0.684. The molecular formula is C12H15BrClNS. The molecule has 1 saturated heterocycles. The number of rotatable bonds is 3. The highest BCUT2D eigenvalue weighted by atomic mass is 79.9. The largest absolute Gasteiger partial charge is 0.310 e. The second-order valence-corrected chi connectivity index (χ2v) is 6.50. The first-order valence-corrected chi connectivity index (χ1v) is 7.83. The zero-order valence-electron chi connectivity index (χ0n) is 9.01. The van der Waals surface area contributed by atoms with Crippen molar-refractivity contribution in [3.63, 3.8) is 0 Å². The summed E-state index contributed by atoms with van der Waals surface area (Å²) >= 11 is 11.5. The number of halogens is 2. The van der Waals surface area contributed by atoms with Crippen molar-refractivity contribution >= 4 is 39.3 Å². The summed E-state index contributed by atoms with van der Waals surface area (Å²) in [6, 6.07) is 6.83. The Morgan fingerprint density at radius 1 is 1.38 bits per heavy atom. The number of hydrogen-bond acceptors (Lipinski definition) is 2. The van der Waals surface area contributed by atoms with Crippen LogP contribution in [0.3, 0.4) is 0 Å². The molecule has 0 aromatic heterocycles. The fraction of sp³-hybridized carbons (Fsp3) is 0.500. The monoisotopic (exact) mass is 319 g/mol. The average Bonchev–Trinajstić information content (AvgIpc) is 2.32. The second kappa shape index (κ2) is 6.29. The Balaban J connectivity index is 1.86. The van der Waals surface area contributed by atoms with E-state index in [0.29, 0.717) is 6.04 Å². The molecule has 1 aromatic rings. The van der Waals surface area contributed by atoms with Gasteiger partial charge in [-0.3, -0.25) is 0 Å². The van der Waals surface area contributed by atoms with Crippen LogP contribution in [0.1, 0.15) is 18.4 Å². The molecule has 0 unspecified atom stereocenters. The van der Waals surface area contributed by atoms with Gasteiger partial charge in [-0.1, -0.05) is 17.7 Å². The highest BCUT2D eigenvalue weighted by Gasteiger charge is 2.12. The molecule has 16 heavy (non-hydrogen) atoms. The first-order chi connectivity index (χ1) is 7.75. The van der Waals surface area contributed by atoms with Crippen molar-refractivity contribution in [1.82, 2.24) is 5.32 Å². The smallest absolute Gasteiger partial charge is 0.0551 e. The summed E-state index contributed by atoms with van der Waals surface area (Å²) in [5, 5.41) is 4.39. The molecule has 1 N–H and O–H groups in total. The Bertz CT molecular complexity index is 353. The molecule has 1 heterocycles. The van der Waals surface area contributed by atoms with Crippen LogP contribution in [0.15, 0.2) is 22.7 Å². The number of thioether (sulfide) groups is 1. The molecule has 1 nitrogen and oxygen atoms in total. The van der Waals surface area contributed by atoms with E-state index in [1.54, 1.807) is 0 Å². The SMILES string of the molecule is Clc1cc(CNC2CCSCC2)ccc1Br. The van der Waals surface area contributed by atoms with Gasteiger partial charge in [-0.15, -0.1) is 0 Å². The first-order valence-electron chi connectivity index (χ1n) is 5.51. The van der Waals surface area contributed by atoms with Gasteiger partial charge in [-0.25, -0.2) is 0 Å². The summed E-state index contributed by atoms with van der Waals surface area (Å²) in [5.41, 5.74) is 1.26. The third-order valence-corrected chi connectivity index (χ3v) is 5.08. The molecule has 0 bridgehead atoms. The molecule has 0 atom stereocenters. The molecule has 0 saturated carbocycles. The maximum atomic E-state index is 6.06. The fourth-order valence-electron chi connectivity index (χ4n) is 1.81. The van der Waals surface area contributed by atoms with E-state index in [1.807, 2.05) is 12.1 Å². The van der Waals surface area contributed by atoms with Crippen LogP contribution in [0.25, 0.3) is 0 Å². The number of nitrogens with one attached hydrogen (secondary N) is 1. The van der Waals surface area contributed by atoms with Crippen molar-refractivity contribution in [3.05, 3.63) is 33.3 Å². The summed E-state index contributed by atoms with van der Waals surface area (Å²) in [7, 11) is 0. The molecule has 0 spiro atoms. The van der Waals surface area contributed by atoms with Crippen LogP contribution in [-0.4, -0.2) is 17.5 Å². The van der Waals surface area contributed by atoms with E-state index in [9.17, 15) is 0 Å². The zero-order chi connectivity index (χ0) is 11.4. The lowest BCUT2D eigenvalue weighted by atomic mass is 10.1. The minimum absolute atomic E-state index is 0.684. The third-order valence-electron chi connectivity index (χ3n) is 2.80. The van der Waals surface area contributed by atoms with Crippen molar-refractivity contribution in [2.75, 3.05) is 11.5 Å². The molecule has 1 aromatic carbocycles. The van der Waals surface area contributed by atoms with Crippen LogP contribution in [0.4, 0.5) is 0 Å². The molecule has 1 aliphatic rings. The van der Waals surface area contributed by atoms with Gasteiger partial charge in [0.15, 0.2) is 0 Å². The maximum absolute atomic E-state index is 6.06. The lowest BCUT2D eigenvalue weighted by Crippen LogP contribution is -2.31. The van der Waals surface area contributed by atoms with E-state index in [1.165, 1.54) is 29.9 Å². The lowest BCUT2D eigenvalue weighted by molar-refractivity contribution is 0.482. The van der Waals surface area contributed by atoms with Gasteiger partial charge in [0.2, 0.25) is 0 Å². The van der Waals surface area contributed by atoms with Crippen LogP contribution >= 0.6 is 39.3 Å². The van der Waals surface area contributed by atoms with Crippen molar-refractivity contribution in [2.24, 2.45) is 0 Å². The van der Waals surface area contributed by atoms with Crippen LogP contribution in [0.2, 0.25) is 5.02 Å². The molecule has 0 aliphatic carbocycles. The molecule has 1 fully saturated rings. The number of benzene rings is 1. The fourth-order valence-corrected chi connectivity index (χ4v) is 3.37. The van der Waals surface area contributed by atoms with E-state index in [-0.39, 0.29) is 0 Å². The Morgan fingerprint density at radius 3 is 2.81 bits per heavy atom. The third kappa shape index (κ3) is 3.66. The zero-order valence-corrected chi connectivity index (χ0v) is 12.2. The molecule has 0 amide bonds. The van der Waals surface area contributed by atoms with Crippen LogP contribution in [0, 0.1) is 0 Å². The molecule has 88 valence electrons. The van der Waals surface area contributed by atoms with Crippen LogP contribution < -0.4 is 5.32 Å². The quantitative estimate of drug-likeness (QED) is 0.900. The van der Waals surface area contributed by atoms with Crippen molar-refractivity contribution in [2.45, 2.75) is 25.4 Å². The first kappa shape index (κ1) is 12.7. The van der Waals surface area contributed by atoms with E-state index in [4.69, 9.17) is 11.6 Å². The minimum Gasteiger partial charge on any atom is -0.310 e. The van der Waals surface area contributed by atoms with Crippen LogP contribution in [0.5, 0.6) is 0 Å². The predicted molar refractivity (Wildman–Crippen MR) is 76.3 cm³/mol. The van der Waals surface area contributed by atoms with Gasteiger partial charge >= 0.3 is 0 Å². The van der Waals surface area contributed by atoms with E-state index >= 15 is 0 Å². The van der Waals surface area contributed by atoms with Gasteiger partial charge in [0.05, 0.1) is 5.02 Å². The van der Waals surface area contributed by atoms with Gasteiger partial charge < -0.3 is 5.32 Å². The van der Waals surface area contributed by atoms with Crippen molar-refractivity contribution in [1.29, 1.82) is 0 Å². The molecular weight excluding hydrogens is 306 g/mol. The molecule has 4 heteroatoms. The second-order valence-electron chi connectivity index (χ2n) is 4.02. The van der Waals surface area contributed by atoms with E-state index < -0.39 is 0 Å². The highest BCUT2D eigenvalue weighted by molar-refractivity contribution is 9.10. The Hall–Kier alpha value is 0.300.